The molecule has 0 radical (unpaired) electrons. The molecule has 138 valence electrons. The van der Waals surface area contributed by atoms with E-state index in [1.54, 1.807) is 14.2 Å². The van der Waals surface area contributed by atoms with Gasteiger partial charge in [-0.15, -0.1) is 0 Å². The molecular weight excluding hydrogens is 346 g/mol. The number of nitrogens with two attached hydrogens (primary N) is 1. The molecule has 2 aromatic carbocycles. The van der Waals surface area contributed by atoms with E-state index in [0.29, 0.717) is 0 Å². The molecule has 2 aromatic rings. The molecule has 0 atom stereocenters. The molecule has 1 aliphatic rings. The predicted molar refractivity (Wildman–Crippen MR) is 109 cm³/mol. The van der Waals surface area contributed by atoms with Crippen LogP contribution in [0.3, 0.4) is 0 Å². The summed E-state index contributed by atoms with van der Waals surface area (Å²) in [6.07, 6.45) is 2.04. The Labute approximate surface area is 160 Å². The third-order valence-electron chi connectivity index (χ3n) is 4.74. The first-order valence-corrected chi connectivity index (χ1v) is 9.11. The highest BCUT2D eigenvalue weighted by atomic mass is 32.1. The van der Waals surface area contributed by atoms with E-state index in [2.05, 4.69) is 34.5 Å². The molecule has 1 aliphatic heterocycles. The molecule has 0 aromatic heterocycles. The van der Waals surface area contributed by atoms with Crippen molar-refractivity contribution in [3.05, 3.63) is 53.1 Å². The average molecular weight is 372 g/mol. The van der Waals surface area contributed by atoms with Crippen molar-refractivity contribution >= 4 is 23.0 Å². The van der Waals surface area contributed by atoms with E-state index in [4.69, 9.17) is 27.4 Å². The van der Waals surface area contributed by atoms with Crippen LogP contribution >= 0.6 is 12.2 Å². The Morgan fingerprint density at radius 2 is 1.77 bits per heavy atom. The molecule has 0 aliphatic carbocycles. The third kappa shape index (κ3) is 4.45. The lowest BCUT2D eigenvalue weighted by atomic mass is 9.98. The van der Waals surface area contributed by atoms with Gasteiger partial charge in [-0.2, -0.15) is 0 Å². The van der Waals surface area contributed by atoms with Crippen molar-refractivity contribution in [2.45, 2.75) is 19.4 Å². The molecule has 0 amide bonds. The molecule has 3 rings (SSSR count). The molecule has 3 N–H and O–H groups in total. The fraction of sp³-hybridized carbons (Fsp3) is 0.350. The molecule has 0 fully saturated rings. The highest BCUT2D eigenvalue weighted by Gasteiger charge is 2.19. The summed E-state index contributed by atoms with van der Waals surface area (Å²) >= 11 is 4.86. The summed E-state index contributed by atoms with van der Waals surface area (Å²) < 4.78 is 10.8. The fourth-order valence-corrected chi connectivity index (χ4v) is 3.43. The second kappa shape index (κ2) is 8.38. The summed E-state index contributed by atoms with van der Waals surface area (Å²) in [6, 6.07) is 12.5. The number of benzene rings is 2. The Bertz CT molecular complexity index is 777. The van der Waals surface area contributed by atoms with Crippen LogP contribution in [-0.4, -0.2) is 37.3 Å². The van der Waals surface area contributed by atoms with Gasteiger partial charge in [-0.25, -0.2) is 0 Å². The summed E-state index contributed by atoms with van der Waals surface area (Å²) in [4.78, 5) is 2.48. The van der Waals surface area contributed by atoms with E-state index in [1.165, 1.54) is 16.7 Å². The summed E-state index contributed by atoms with van der Waals surface area (Å²) in [5.41, 5.74) is 10.4. The Morgan fingerprint density at radius 3 is 2.38 bits per heavy atom. The Hall–Kier alpha value is -2.31. The topological polar surface area (TPSA) is 59.8 Å². The van der Waals surface area contributed by atoms with Crippen molar-refractivity contribution < 1.29 is 9.47 Å². The Balaban J connectivity index is 1.60. The van der Waals surface area contributed by atoms with Crippen LogP contribution < -0.4 is 20.5 Å². The zero-order valence-corrected chi connectivity index (χ0v) is 16.1. The largest absolute Gasteiger partial charge is 0.493 e. The summed E-state index contributed by atoms with van der Waals surface area (Å²) in [5.74, 6) is 1.61. The van der Waals surface area contributed by atoms with Crippen molar-refractivity contribution in [2.24, 2.45) is 5.73 Å². The monoisotopic (exact) mass is 371 g/mol. The van der Waals surface area contributed by atoms with Gasteiger partial charge in [-0.3, -0.25) is 4.90 Å². The second-order valence-electron chi connectivity index (χ2n) is 6.44. The maximum atomic E-state index is 5.49. The van der Waals surface area contributed by atoms with Crippen LogP contribution in [0.2, 0.25) is 0 Å². The first kappa shape index (κ1) is 18.5. The first-order valence-electron chi connectivity index (χ1n) is 8.70. The molecule has 0 bridgehead atoms. The normalized spacial score (nSPS) is 13.8. The van der Waals surface area contributed by atoms with Crippen molar-refractivity contribution in [1.29, 1.82) is 0 Å². The summed E-state index contributed by atoms with van der Waals surface area (Å²) in [6.45, 7) is 3.02. The second-order valence-corrected chi connectivity index (χ2v) is 6.88. The quantitative estimate of drug-likeness (QED) is 0.762. The molecule has 5 nitrogen and oxygen atoms in total. The molecule has 0 saturated heterocycles. The van der Waals surface area contributed by atoms with Crippen molar-refractivity contribution in [2.75, 3.05) is 32.6 Å². The van der Waals surface area contributed by atoms with Crippen molar-refractivity contribution in [3.63, 3.8) is 0 Å². The van der Waals surface area contributed by atoms with Gasteiger partial charge in [-0.05, 0) is 66.0 Å². The zero-order valence-electron chi connectivity index (χ0n) is 15.2. The van der Waals surface area contributed by atoms with E-state index >= 15 is 0 Å². The highest BCUT2D eigenvalue weighted by Crippen LogP contribution is 2.33. The molecule has 0 saturated carbocycles. The summed E-state index contributed by atoms with van der Waals surface area (Å²) in [5, 5.41) is 3.23. The molecule has 26 heavy (non-hydrogen) atoms. The van der Waals surface area contributed by atoms with Gasteiger partial charge in [-0.1, -0.05) is 12.1 Å². The van der Waals surface area contributed by atoms with Crippen LogP contribution in [0.4, 0.5) is 5.69 Å². The molecule has 0 spiro atoms. The fourth-order valence-electron chi connectivity index (χ4n) is 3.32. The summed E-state index contributed by atoms with van der Waals surface area (Å²) in [7, 11) is 3.36. The molecule has 6 heteroatoms. The highest BCUT2D eigenvalue weighted by molar-refractivity contribution is 7.80. The van der Waals surface area contributed by atoms with Gasteiger partial charge in [0.1, 0.15) is 0 Å². The van der Waals surface area contributed by atoms with Gasteiger partial charge >= 0.3 is 0 Å². The molecular formula is C20H25N3O2S. The van der Waals surface area contributed by atoms with Crippen LogP contribution in [0.25, 0.3) is 0 Å². The van der Waals surface area contributed by atoms with Gasteiger partial charge in [0, 0.05) is 25.3 Å². The van der Waals surface area contributed by atoms with Gasteiger partial charge in [0.2, 0.25) is 0 Å². The first-order chi connectivity index (χ1) is 12.6. The van der Waals surface area contributed by atoms with Gasteiger partial charge in [0.05, 0.1) is 14.2 Å². The number of hydrogen-bond acceptors (Lipinski definition) is 4. The SMILES string of the molecule is COc1cc2c(cc1OC)CN(CCc1ccc(NC(N)=S)cc1)CC2. The molecule has 0 unspecified atom stereocenters. The van der Waals surface area contributed by atoms with E-state index in [1.807, 2.05) is 12.1 Å². The number of methoxy groups -OCH3 is 2. The number of ether oxygens (including phenoxy) is 2. The minimum Gasteiger partial charge on any atom is -0.493 e. The Kier molecular flexibility index (Phi) is 5.96. The van der Waals surface area contributed by atoms with Gasteiger partial charge in [0.15, 0.2) is 16.6 Å². The van der Waals surface area contributed by atoms with E-state index in [-0.39, 0.29) is 5.11 Å². The smallest absolute Gasteiger partial charge is 0.168 e. The van der Waals surface area contributed by atoms with E-state index in [9.17, 15) is 0 Å². The lowest BCUT2D eigenvalue weighted by Crippen LogP contribution is -2.32. The Morgan fingerprint density at radius 1 is 1.12 bits per heavy atom. The zero-order chi connectivity index (χ0) is 18.5. The lowest BCUT2D eigenvalue weighted by Gasteiger charge is -2.29. The van der Waals surface area contributed by atoms with E-state index in [0.717, 1.165) is 49.7 Å². The lowest BCUT2D eigenvalue weighted by molar-refractivity contribution is 0.255. The van der Waals surface area contributed by atoms with Gasteiger partial charge in [0.25, 0.3) is 0 Å². The number of hydrogen-bond donors (Lipinski definition) is 2. The third-order valence-corrected chi connectivity index (χ3v) is 4.84. The van der Waals surface area contributed by atoms with Crippen LogP contribution in [0.5, 0.6) is 11.5 Å². The number of anilines is 1. The van der Waals surface area contributed by atoms with Crippen molar-refractivity contribution in [3.8, 4) is 11.5 Å². The van der Waals surface area contributed by atoms with Crippen LogP contribution in [0.15, 0.2) is 36.4 Å². The van der Waals surface area contributed by atoms with Crippen LogP contribution in [0, 0.1) is 0 Å². The maximum Gasteiger partial charge on any atom is 0.168 e. The number of nitrogens with zero attached hydrogens (tertiary/aromatic N) is 1. The number of thiocarbonyl (C=S) groups is 1. The number of fused-ring (bicyclic) bond motifs is 1. The number of nitrogens with one attached hydrogen (secondary N) is 1. The minimum absolute atomic E-state index is 0.289. The van der Waals surface area contributed by atoms with Crippen LogP contribution in [-0.2, 0) is 19.4 Å². The van der Waals surface area contributed by atoms with Gasteiger partial charge < -0.3 is 20.5 Å². The number of rotatable bonds is 6. The maximum absolute atomic E-state index is 5.49. The minimum atomic E-state index is 0.289. The average Bonchev–Trinajstić information content (AvgIpc) is 2.65. The van der Waals surface area contributed by atoms with Crippen LogP contribution in [0.1, 0.15) is 16.7 Å². The predicted octanol–water partition coefficient (Wildman–Crippen LogP) is 2.96. The standard InChI is InChI=1S/C20H25N3O2S/c1-24-18-11-15-8-10-23(13-16(15)12-19(18)25-2)9-7-14-3-5-17(6-4-14)22-20(21)26/h3-6,11-12H,7-10,13H2,1-2H3,(H3,21,22,26). The van der Waals surface area contributed by atoms with E-state index < -0.39 is 0 Å². The van der Waals surface area contributed by atoms with Crippen molar-refractivity contribution in [1.82, 2.24) is 4.90 Å². The molecule has 1 heterocycles.